The Morgan fingerprint density at radius 2 is 1.90 bits per heavy atom. The monoisotopic (exact) mass is 420 g/mol. The first-order valence-electron chi connectivity index (χ1n) is 11.6. The Morgan fingerprint density at radius 1 is 1.06 bits per heavy atom. The van der Waals surface area contributed by atoms with Gasteiger partial charge < -0.3 is 15.1 Å². The average molecular weight is 421 g/mol. The molecule has 2 fully saturated rings. The maximum atomic E-state index is 13.6. The van der Waals surface area contributed by atoms with Gasteiger partial charge in [-0.05, 0) is 42.2 Å². The Kier molecular flexibility index (Phi) is 5.74. The Morgan fingerprint density at radius 3 is 2.77 bits per heavy atom. The smallest absolute Gasteiger partial charge is 0.237 e. The summed E-state index contributed by atoms with van der Waals surface area (Å²) in [6, 6.07) is 14.9. The summed E-state index contributed by atoms with van der Waals surface area (Å²) in [5, 5.41) is 2.74. The zero-order chi connectivity index (χ0) is 21.2. The second-order valence-corrected chi connectivity index (χ2v) is 9.17. The van der Waals surface area contributed by atoms with Crippen molar-refractivity contribution in [1.29, 1.82) is 0 Å². The third kappa shape index (κ3) is 4.10. The van der Waals surface area contributed by atoms with Crippen LogP contribution in [0.4, 0.5) is 17.1 Å². The normalized spacial score (nSPS) is 24.5. The van der Waals surface area contributed by atoms with Crippen molar-refractivity contribution < 1.29 is 19.4 Å². The van der Waals surface area contributed by atoms with E-state index in [1.54, 1.807) is 9.80 Å². The SMILES string of the molecule is O=CNc1ccc2c(c1)N(C(=O)CC[NH+]1CC[NH+]3CCCC3C1)c1ccccc1CC2. The number of hydrogen-bond donors (Lipinski definition) is 3. The second kappa shape index (κ2) is 8.81. The standard InChI is InChI=1S/C25H30N4O2/c30-18-26-21-10-9-20-8-7-19-4-1-2-6-23(19)29(24(20)16-21)25(31)11-13-27-14-15-28-12-3-5-22(28)17-27/h1-2,4,6,9-10,16,18,22H,3,5,7-8,11-15,17H2,(H,26,30)/p+2. The highest BCUT2D eigenvalue weighted by Gasteiger charge is 2.37. The van der Waals surface area contributed by atoms with Crippen molar-refractivity contribution in [2.75, 3.05) is 42.9 Å². The molecule has 3 aliphatic rings. The fourth-order valence-electron chi connectivity index (χ4n) is 5.72. The Labute approximate surface area is 183 Å². The molecular weight excluding hydrogens is 388 g/mol. The first kappa shape index (κ1) is 20.2. The molecule has 3 atom stereocenters. The van der Waals surface area contributed by atoms with Crippen molar-refractivity contribution >= 4 is 29.4 Å². The van der Waals surface area contributed by atoms with Gasteiger partial charge in [-0.3, -0.25) is 14.5 Å². The van der Waals surface area contributed by atoms with Gasteiger partial charge in [0.25, 0.3) is 0 Å². The predicted octanol–water partition coefficient (Wildman–Crippen LogP) is 0.354. The minimum atomic E-state index is 0.146. The number of piperazine rings is 1. The van der Waals surface area contributed by atoms with Crippen LogP contribution < -0.4 is 20.0 Å². The number of anilines is 3. The first-order chi connectivity index (χ1) is 15.2. The number of nitrogens with zero attached hydrogens (tertiary/aromatic N) is 1. The van der Waals surface area contributed by atoms with E-state index in [-0.39, 0.29) is 5.91 Å². The van der Waals surface area contributed by atoms with Crippen molar-refractivity contribution in [2.24, 2.45) is 0 Å². The van der Waals surface area contributed by atoms with E-state index in [0.717, 1.165) is 48.1 Å². The number of nitrogens with one attached hydrogen (secondary N) is 3. The molecule has 3 unspecified atom stereocenters. The van der Waals surface area contributed by atoms with E-state index in [1.807, 2.05) is 35.2 Å². The Hall–Kier alpha value is -2.70. The summed E-state index contributed by atoms with van der Waals surface area (Å²) >= 11 is 0. The number of quaternary nitrogens is 2. The molecule has 2 aromatic carbocycles. The molecule has 0 radical (unpaired) electrons. The zero-order valence-corrected chi connectivity index (χ0v) is 18.0. The molecule has 0 spiro atoms. The highest BCUT2D eigenvalue weighted by molar-refractivity contribution is 6.03. The van der Waals surface area contributed by atoms with Gasteiger partial charge in [0, 0.05) is 18.5 Å². The lowest BCUT2D eigenvalue weighted by molar-refractivity contribution is -1.02. The maximum absolute atomic E-state index is 13.6. The van der Waals surface area contributed by atoms with Crippen molar-refractivity contribution in [1.82, 2.24) is 0 Å². The minimum absolute atomic E-state index is 0.146. The quantitative estimate of drug-likeness (QED) is 0.612. The van der Waals surface area contributed by atoms with E-state index in [2.05, 4.69) is 17.4 Å². The van der Waals surface area contributed by atoms with Crippen LogP contribution in [0.2, 0.25) is 0 Å². The fourth-order valence-corrected chi connectivity index (χ4v) is 5.72. The summed E-state index contributed by atoms with van der Waals surface area (Å²) in [5.41, 5.74) is 4.96. The molecule has 6 heteroatoms. The van der Waals surface area contributed by atoms with Gasteiger partial charge in [0.2, 0.25) is 12.3 Å². The van der Waals surface area contributed by atoms with E-state index >= 15 is 0 Å². The van der Waals surface area contributed by atoms with E-state index in [4.69, 9.17) is 0 Å². The van der Waals surface area contributed by atoms with Gasteiger partial charge in [0.05, 0.1) is 30.9 Å². The molecule has 3 aliphatic heterocycles. The number of carbonyl (C=O) groups is 2. The summed E-state index contributed by atoms with van der Waals surface area (Å²) in [4.78, 5) is 29.9. The molecule has 2 aromatic rings. The first-order valence-corrected chi connectivity index (χ1v) is 11.6. The third-order valence-electron chi connectivity index (χ3n) is 7.35. The number of hydrogen-bond acceptors (Lipinski definition) is 2. The lowest BCUT2D eigenvalue weighted by Crippen LogP contribution is -3.29. The lowest BCUT2D eigenvalue weighted by atomic mass is 10.0. The van der Waals surface area contributed by atoms with E-state index in [0.29, 0.717) is 12.8 Å². The number of fused-ring (bicyclic) bond motifs is 3. The molecule has 5 rings (SSSR count). The van der Waals surface area contributed by atoms with Crippen LogP contribution in [0.1, 0.15) is 30.4 Å². The molecule has 0 aliphatic carbocycles. The average Bonchev–Trinajstić information content (AvgIpc) is 3.19. The molecule has 31 heavy (non-hydrogen) atoms. The highest BCUT2D eigenvalue weighted by atomic mass is 16.2. The maximum Gasteiger partial charge on any atom is 0.237 e. The van der Waals surface area contributed by atoms with Crippen molar-refractivity contribution in [3.63, 3.8) is 0 Å². The third-order valence-corrected chi connectivity index (χ3v) is 7.35. The molecule has 0 saturated carbocycles. The second-order valence-electron chi connectivity index (χ2n) is 9.17. The van der Waals surface area contributed by atoms with Crippen LogP contribution in [-0.4, -0.2) is 51.1 Å². The van der Waals surface area contributed by atoms with Crippen LogP contribution in [0.3, 0.4) is 0 Å². The van der Waals surface area contributed by atoms with Crippen LogP contribution in [-0.2, 0) is 22.4 Å². The summed E-state index contributed by atoms with van der Waals surface area (Å²) in [6.45, 7) is 5.82. The van der Waals surface area contributed by atoms with Gasteiger partial charge in [0.15, 0.2) is 0 Å². The summed E-state index contributed by atoms with van der Waals surface area (Å²) in [6.07, 6.45) is 5.71. The lowest BCUT2D eigenvalue weighted by Gasteiger charge is -2.32. The molecule has 6 nitrogen and oxygen atoms in total. The summed E-state index contributed by atoms with van der Waals surface area (Å²) in [5.74, 6) is 0.146. The molecule has 3 heterocycles. The molecular formula is C25H32N4O2+2. The molecule has 162 valence electrons. The van der Waals surface area contributed by atoms with Crippen LogP contribution in [0, 0.1) is 0 Å². The summed E-state index contributed by atoms with van der Waals surface area (Å²) < 4.78 is 0. The molecule has 0 aromatic heterocycles. The van der Waals surface area contributed by atoms with E-state index in [9.17, 15) is 9.59 Å². The fraction of sp³-hybridized carbons (Fsp3) is 0.440. The van der Waals surface area contributed by atoms with E-state index in [1.165, 1.54) is 44.6 Å². The van der Waals surface area contributed by atoms with Gasteiger partial charge in [0.1, 0.15) is 25.7 Å². The van der Waals surface area contributed by atoms with Crippen molar-refractivity contribution in [3.05, 3.63) is 53.6 Å². The number of para-hydroxylation sites is 1. The largest absolute Gasteiger partial charge is 0.329 e. The van der Waals surface area contributed by atoms with Crippen LogP contribution in [0.5, 0.6) is 0 Å². The number of rotatable bonds is 5. The number of amides is 2. The Bertz CT molecular complexity index is 976. The number of benzene rings is 2. The van der Waals surface area contributed by atoms with Gasteiger partial charge in [-0.25, -0.2) is 0 Å². The van der Waals surface area contributed by atoms with Gasteiger partial charge >= 0.3 is 0 Å². The van der Waals surface area contributed by atoms with Gasteiger partial charge in [-0.2, -0.15) is 0 Å². The number of aryl methyl sites for hydroxylation is 2. The van der Waals surface area contributed by atoms with E-state index < -0.39 is 0 Å². The predicted molar refractivity (Wildman–Crippen MR) is 121 cm³/mol. The minimum Gasteiger partial charge on any atom is -0.329 e. The van der Waals surface area contributed by atoms with Crippen molar-refractivity contribution in [2.45, 2.75) is 38.1 Å². The molecule has 2 amide bonds. The summed E-state index contributed by atoms with van der Waals surface area (Å²) in [7, 11) is 0. The number of carbonyl (C=O) groups excluding carboxylic acids is 2. The highest BCUT2D eigenvalue weighted by Crippen LogP contribution is 2.37. The van der Waals surface area contributed by atoms with Gasteiger partial charge in [-0.1, -0.05) is 24.3 Å². The zero-order valence-electron chi connectivity index (χ0n) is 18.0. The molecule has 0 bridgehead atoms. The molecule has 3 N–H and O–H groups in total. The van der Waals surface area contributed by atoms with Crippen LogP contribution in [0.25, 0.3) is 0 Å². The Balaban J connectivity index is 1.39. The van der Waals surface area contributed by atoms with Crippen molar-refractivity contribution in [3.8, 4) is 0 Å². The molecule has 2 saturated heterocycles. The van der Waals surface area contributed by atoms with Crippen LogP contribution >= 0.6 is 0 Å². The topological polar surface area (TPSA) is 58.3 Å². The van der Waals surface area contributed by atoms with Gasteiger partial charge in [-0.15, -0.1) is 0 Å². The van der Waals surface area contributed by atoms with Crippen LogP contribution in [0.15, 0.2) is 42.5 Å².